The predicted molar refractivity (Wildman–Crippen MR) is 59.7 cm³/mol. The molecule has 1 saturated heterocycles. The molecule has 1 fully saturated rings. The van der Waals surface area contributed by atoms with Crippen molar-refractivity contribution in [1.29, 1.82) is 0 Å². The van der Waals surface area contributed by atoms with Gasteiger partial charge < -0.3 is 9.64 Å². The van der Waals surface area contributed by atoms with Crippen molar-refractivity contribution in [2.45, 2.75) is 13.0 Å². The van der Waals surface area contributed by atoms with Crippen molar-refractivity contribution >= 4 is 29.2 Å². The van der Waals surface area contributed by atoms with Crippen molar-refractivity contribution in [3.05, 3.63) is 16.4 Å². The number of aromatic nitrogens is 2. The SMILES string of the molecule is CC1COCCN1c1nc(Cl)cc(Cl)n1. The lowest BCUT2D eigenvalue weighted by atomic mass is 10.3. The molecule has 1 aromatic rings. The van der Waals surface area contributed by atoms with Gasteiger partial charge in [-0.15, -0.1) is 0 Å². The highest BCUT2D eigenvalue weighted by Gasteiger charge is 2.21. The number of halogens is 2. The van der Waals surface area contributed by atoms with Gasteiger partial charge in [0, 0.05) is 12.6 Å². The second-order valence-corrected chi connectivity index (χ2v) is 4.21. The third kappa shape index (κ3) is 2.51. The van der Waals surface area contributed by atoms with Gasteiger partial charge >= 0.3 is 0 Å². The molecule has 0 aromatic carbocycles. The van der Waals surface area contributed by atoms with Crippen molar-refractivity contribution in [2.24, 2.45) is 0 Å². The first-order valence-corrected chi connectivity index (χ1v) is 5.47. The van der Waals surface area contributed by atoms with Crippen molar-refractivity contribution in [1.82, 2.24) is 9.97 Å². The lowest BCUT2D eigenvalue weighted by molar-refractivity contribution is 0.0981. The third-order valence-electron chi connectivity index (χ3n) is 2.28. The lowest BCUT2D eigenvalue weighted by Gasteiger charge is -2.33. The standard InChI is InChI=1S/C9H11Cl2N3O/c1-6-5-15-3-2-14(6)9-12-7(10)4-8(11)13-9/h4,6H,2-3,5H2,1H3. The molecule has 0 bridgehead atoms. The zero-order chi connectivity index (χ0) is 10.8. The van der Waals surface area contributed by atoms with E-state index in [4.69, 9.17) is 27.9 Å². The quantitative estimate of drug-likeness (QED) is 0.712. The van der Waals surface area contributed by atoms with Crippen LogP contribution in [0.25, 0.3) is 0 Å². The highest BCUT2D eigenvalue weighted by molar-refractivity contribution is 6.33. The lowest BCUT2D eigenvalue weighted by Crippen LogP contribution is -2.44. The average molecular weight is 248 g/mol. The van der Waals surface area contributed by atoms with E-state index in [9.17, 15) is 0 Å². The molecule has 1 aliphatic heterocycles. The normalized spacial score (nSPS) is 21.8. The molecule has 0 aliphatic carbocycles. The molecule has 0 spiro atoms. The van der Waals surface area contributed by atoms with Gasteiger partial charge in [-0.1, -0.05) is 23.2 Å². The zero-order valence-electron chi connectivity index (χ0n) is 8.28. The van der Waals surface area contributed by atoms with Crippen LogP contribution in [0.3, 0.4) is 0 Å². The largest absolute Gasteiger partial charge is 0.377 e. The van der Waals surface area contributed by atoms with E-state index < -0.39 is 0 Å². The summed E-state index contributed by atoms with van der Waals surface area (Å²) in [7, 11) is 0. The molecule has 6 heteroatoms. The van der Waals surface area contributed by atoms with Crippen LogP contribution in [0.15, 0.2) is 6.07 Å². The number of morpholine rings is 1. The van der Waals surface area contributed by atoms with Gasteiger partial charge in [0.05, 0.1) is 19.3 Å². The molecule has 0 saturated carbocycles. The van der Waals surface area contributed by atoms with Gasteiger partial charge in [0.2, 0.25) is 5.95 Å². The maximum absolute atomic E-state index is 5.82. The van der Waals surface area contributed by atoms with Crippen LogP contribution in [0, 0.1) is 0 Å². The van der Waals surface area contributed by atoms with E-state index in [1.807, 2.05) is 4.90 Å². The summed E-state index contributed by atoms with van der Waals surface area (Å²) in [6.07, 6.45) is 0. The molecule has 1 aromatic heterocycles. The van der Waals surface area contributed by atoms with Crippen LogP contribution in [0.2, 0.25) is 10.3 Å². The Morgan fingerprint density at radius 2 is 2.07 bits per heavy atom. The molecule has 1 unspecified atom stereocenters. The fraction of sp³-hybridized carbons (Fsp3) is 0.556. The summed E-state index contributed by atoms with van der Waals surface area (Å²) in [5.41, 5.74) is 0. The minimum absolute atomic E-state index is 0.244. The summed E-state index contributed by atoms with van der Waals surface area (Å²) < 4.78 is 5.33. The van der Waals surface area contributed by atoms with Gasteiger partial charge in [-0.2, -0.15) is 0 Å². The summed E-state index contributed by atoms with van der Waals surface area (Å²) in [6, 6.07) is 1.77. The Labute approximate surface area is 98.2 Å². The van der Waals surface area contributed by atoms with E-state index in [2.05, 4.69) is 16.9 Å². The van der Waals surface area contributed by atoms with E-state index in [1.54, 1.807) is 0 Å². The molecule has 2 heterocycles. The molecular weight excluding hydrogens is 237 g/mol. The summed E-state index contributed by atoms with van der Waals surface area (Å²) in [6.45, 7) is 4.17. The van der Waals surface area contributed by atoms with Crippen molar-refractivity contribution in [2.75, 3.05) is 24.7 Å². The molecule has 4 nitrogen and oxygen atoms in total. The second kappa shape index (κ2) is 4.51. The fourth-order valence-corrected chi connectivity index (χ4v) is 1.95. The highest BCUT2D eigenvalue weighted by atomic mass is 35.5. The molecular formula is C9H11Cl2N3O. The Balaban J connectivity index is 2.27. The number of hydrogen-bond donors (Lipinski definition) is 0. The predicted octanol–water partition coefficient (Wildman–Crippen LogP) is 2.01. The van der Waals surface area contributed by atoms with Gasteiger partial charge in [-0.05, 0) is 6.92 Å². The summed E-state index contributed by atoms with van der Waals surface area (Å²) >= 11 is 11.6. The molecule has 1 atom stereocenters. The Kier molecular flexibility index (Phi) is 3.29. The molecule has 15 heavy (non-hydrogen) atoms. The van der Waals surface area contributed by atoms with Crippen LogP contribution in [-0.2, 0) is 4.74 Å². The van der Waals surface area contributed by atoms with Crippen molar-refractivity contribution in [3.63, 3.8) is 0 Å². The maximum atomic E-state index is 5.82. The first-order valence-electron chi connectivity index (χ1n) is 4.71. The molecule has 0 amide bonds. The smallest absolute Gasteiger partial charge is 0.228 e. The van der Waals surface area contributed by atoms with Crippen LogP contribution in [-0.4, -0.2) is 35.8 Å². The van der Waals surface area contributed by atoms with Crippen molar-refractivity contribution < 1.29 is 4.74 Å². The number of anilines is 1. The number of nitrogens with zero attached hydrogens (tertiary/aromatic N) is 3. The fourth-order valence-electron chi connectivity index (χ4n) is 1.53. The maximum Gasteiger partial charge on any atom is 0.228 e. The van der Waals surface area contributed by atoms with Crippen LogP contribution >= 0.6 is 23.2 Å². The van der Waals surface area contributed by atoms with E-state index >= 15 is 0 Å². The second-order valence-electron chi connectivity index (χ2n) is 3.43. The Morgan fingerprint density at radius 1 is 1.40 bits per heavy atom. The third-order valence-corrected chi connectivity index (χ3v) is 2.66. The minimum Gasteiger partial charge on any atom is -0.377 e. The first-order chi connectivity index (χ1) is 7.16. The van der Waals surface area contributed by atoms with Gasteiger partial charge in [0.15, 0.2) is 0 Å². The Bertz CT molecular complexity index is 341. The Hall–Kier alpha value is -0.580. The Morgan fingerprint density at radius 3 is 2.67 bits per heavy atom. The molecule has 0 radical (unpaired) electrons. The van der Waals surface area contributed by atoms with E-state index in [0.717, 1.165) is 6.54 Å². The van der Waals surface area contributed by atoms with E-state index in [1.165, 1.54) is 6.07 Å². The number of hydrogen-bond acceptors (Lipinski definition) is 4. The van der Waals surface area contributed by atoms with E-state index in [-0.39, 0.29) is 6.04 Å². The van der Waals surface area contributed by atoms with Gasteiger partial charge in [-0.3, -0.25) is 0 Å². The van der Waals surface area contributed by atoms with Crippen LogP contribution in [0.4, 0.5) is 5.95 Å². The summed E-state index contributed by atoms with van der Waals surface area (Å²) in [5.74, 6) is 0.573. The monoisotopic (exact) mass is 247 g/mol. The highest BCUT2D eigenvalue weighted by Crippen LogP contribution is 2.20. The van der Waals surface area contributed by atoms with Crippen LogP contribution in [0.5, 0.6) is 0 Å². The molecule has 0 N–H and O–H groups in total. The van der Waals surface area contributed by atoms with Gasteiger partial charge in [-0.25, -0.2) is 9.97 Å². The topological polar surface area (TPSA) is 38.2 Å². The minimum atomic E-state index is 0.244. The number of ether oxygens (including phenoxy) is 1. The zero-order valence-corrected chi connectivity index (χ0v) is 9.79. The van der Waals surface area contributed by atoms with Crippen LogP contribution in [0.1, 0.15) is 6.92 Å². The van der Waals surface area contributed by atoms with Crippen LogP contribution < -0.4 is 4.90 Å². The molecule has 82 valence electrons. The van der Waals surface area contributed by atoms with Gasteiger partial charge in [0.1, 0.15) is 10.3 Å². The molecule has 1 aliphatic rings. The summed E-state index contributed by atoms with van der Waals surface area (Å²) in [4.78, 5) is 10.3. The van der Waals surface area contributed by atoms with Crippen molar-refractivity contribution in [3.8, 4) is 0 Å². The van der Waals surface area contributed by atoms with Gasteiger partial charge in [0.25, 0.3) is 0 Å². The average Bonchev–Trinajstić information content (AvgIpc) is 2.16. The van der Waals surface area contributed by atoms with E-state index in [0.29, 0.717) is 29.5 Å². The number of rotatable bonds is 1. The molecule has 2 rings (SSSR count). The first kappa shape index (κ1) is 10.9. The summed E-state index contributed by atoms with van der Waals surface area (Å²) in [5, 5.41) is 0.729.